The molecule has 0 spiro atoms. The second-order valence-corrected chi connectivity index (χ2v) is 3.47. The third-order valence-corrected chi connectivity index (χ3v) is 2.23. The molecule has 1 unspecified atom stereocenters. The first-order chi connectivity index (χ1) is 7.28. The van der Waals surface area contributed by atoms with Crippen LogP contribution in [0.2, 0.25) is 0 Å². The molecule has 0 saturated carbocycles. The van der Waals surface area contributed by atoms with E-state index in [4.69, 9.17) is 5.73 Å². The van der Waals surface area contributed by atoms with Gasteiger partial charge in [-0.3, -0.25) is 0 Å². The van der Waals surface area contributed by atoms with Crippen molar-refractivity contribution >= 4 is 0 Å². The molecule has 0 radical (unpaired) electrons. The Morgan fingerprint density at radius 1 is 1.00 bits per heavy atom. The molecule has 0 aliphatic carbocycles. The van der Waals surface area contributed by atoms with Gasteiger partial charge in [0.15, 0.2) is 0 Å². The molecule has 0 aliphatic rings. The molecular formula is C10H10F5N. The zero-order chi connectivity index (χ0) is 12.4. The van der Waals surface area contributed by atoms with Crippen molar-refractivity contribution in [3.8, 4) is 0 Å². The third-order valence-electron chi connectivity index (χ3n) is 2.23. The molecule has 1 nitrogen and oxygen atoms in total. The van der Waals surface area contributed by atoms with Crippen LogP contribution in [-0.4, -0.2) is 18.4 Å². The number of halogens is 5. The van der Waals surface area contributed by atoms with Crippen LogP contribution in [0.4, 0.5) is 22.0 Å². The number of nitrogens with two attached hydrogens (primary N) is 1. The van der Waals surface area contributed by atoms with E-state index < -0.39 is 30.6 Å². The highest BCUT2D eigenvalue weighted by Crippen LogP contribution is 2.35. The fourth-order valence-corrected chi connectivity index (χ4v) is 1.21. The number of hydrogen-bond donors (Lipinski definition) is 1. The third kappa shape index (κ3) is 2.69. The largest absolute Gasteiger partial charge is 0.424 e. The summed E-state index contributed by atoms with van der Waals surface area (Å²) in [6.45, 7) is -1.16. The summed E-state index contributed by atoms with van der Waals surface area (Å²) in [4.78, 5) is 0. The van der Waals surface area contributed by atoms with Gasteiger partial charge in [-0.15, -0.1) is 0 Å². The minimum atomic E-state index is -5.03. The maximum atomic E-state index is 13.5. The van der Waals surface area contributed by atoms with Crippen molar-refractivity contribution in [2.45, 2.75) is 18.3 Å². The van der Waals surface area contributed by atoms with E-state index in [-0.39, 0.29) is 5.56 Å². The van der Waals surface area contributed by atoms with Crippen molar-refractivity contribution in [1.82, 2.24) is 0 Å². The summed E-state index contributed by atoms with van der Waals surface area (Å²) in [6.07, 6.45) is -5.94. The summed E-state index contributed by atoms with van der Waals surface area (Å²) in [6, 6.07) is 4.15. The van der Waals surface area contributed by atoms with Crippen LogP contribution in [0.15, 0.2) is 24.3 Å². The Balaban J connectivity index is 2.89. The summed E-state index contributed by atoms with van der Waals surface area (Å²) < 4.78 is 63.0. The summed E-state index contributed by atoms with van der Waals surface area (Å²) >= 11 is 0. The van der Waals surface area contributed by atoms with Gasteiger partial charge < -0.3 is 5.73 Å². The first-order valence-electron chi connectivity index (χ1n) is 4.49. The van der Waals surface area contributed by atoms with Gasteiger partial charge in [-0.1, -0.05) is 12.1 Å². The normalized spacial score (nSPS) is 15.9. The predicted octanol–water partition coefficient (Wildman–Crippen LogP) is 2.60. The van der Waals surface area contributed by atoms with Crippen LogP contribution in [0, 0.1) is 5.82 Å². The second kappa shape index (κ2) is 4.37. The van der Waals surface area contributed by atoms with Crippen molar-refractivity contribution in [1.29, 1.82) is 0 Å². The first-order valence-corrected chi connectivity index (χ1v) is 4.49. The Labute approximate surface area is 89.1 Å². The lowest BCUT2D eigenvalue weighted by atomic mass is 9.96. The zero-order valence-corrected chi connectivity index (χ0v) is 8.19. The van der Waals surface area contributed by atoms with Gasteiger partial charge in [0.1, 0.15) is 5.82 Å². The highest BCUT2D eigenvalue weighted by molar-refractivity contribution is 5.19. The van der Waals surface area contributed by atoms with Crippen LogP contribution in [-0.2, 0) is 6.42 Å². The minimum Gasteiger partial charge on any atom is -0.327 e. The molecule has 2 N–H and O–H groups in total. The van der Waals surface area contributed by atoms with E-state index in [0.717, 1.165) is 24.3 Å². The Morgan fingerprint density at radius 2 is 1.50 bits per heavy atom. The van der Waals surface area contributed by atoms with E-state index >= 15 is 0 Å². The second-order valence-electron chi connectivity index (χ2n) is 3.47. The van der Waals surface area contributed by atoms with Crippen LogP contribution in [0.3, 0.4) is 0 Å². The maximum Gasteiger partial charge on any atom is 0.424 e. The Kier molecular flexibility index (Phi) is 3.52. The molecule has 16 heavy (non-hydrogen) atoms. The quantitative estimate of drug-likeness (QED) is 0.806. The Morgan fingerprint density at radius 3 is 1.88 bits per heavy atom. The van der Waals surface area contributed by atoms with E-state index in [1.54, 1.807) is 0 Å². The molecule has 1 aromatic rings. The van der Waals surface area contributed by atoms with E-state index in [2.05, 4.69) is 0 Å². The van der Waals surface area contributed by atoms with Crippen molar-refractivity contribution in [2.75, 3.05) is 6.54 Å². The fraction of sp³-hybridized carbons (Fsp3) is 0.400. The smallest absolute Gasteiger partial charge is 0.327 e. The highest BCUT2D eigenvalue weighted by Gasteiger charge is 2.54. The van der Waals surface area contributed by atoms with Gasteiger partial charge in [-0.25, -0.2) is 8.78 Å². The fourth-order valence-electron chi connectivity index (χ4n) is 1.21. The molecule has 0 amide bonds. The van der Waals surface area contributed by atoms with Crippen molar-refractivity contribution in [3.63, 3.8) is 0 Å². The SMILES string of the molecule is NCC(F)(Cc1ccc(F)cc1)C(F)(F)F. The maximum absolute atomic E-state index is 13.5. The van der Waals surface area contributed by atoms with E-state index in [9.17, 15) is 22.0 Å². The van der Waals surface area contributed by atoms with Crippen molar-refractivity contribution < 1.29 is 22.0 Å². The van der Waals surface area contributed by atoms with Gasteiger partial charge in [-0.05, 0) is 17.7 Å². The summed E-state index contributed by atoms with van der Waals surface area (Å²) in [5, 5.41) is 0. The molecule has 0 fully saturated rings. The van der Waals surface area contributed by atoms with Gasteiger partial charge in [-0.2, -0.15) is 13.2 Å². The Bertz CT molecular complexity index is 345. The molecule has 6 heteroatoms. The van der Waals surface area contributed by atoms with Crippen LogP contribution >= 0.6 is 0 Å². The lowest BCUT2D eigenvalue weighted by Crippen LogP contribution is -2.49. The average Bonchev–Trinajstić information content (AvgIpc) is 2.19. The lowest BCUT2D eigenvalue weighted by Gasteiger charge is -2.26. The topological polar surface area (TPSA) is 26.0 Å². The molecule has 0 aliphatic heterocycles. The summed E-state index contributed by atoms with van der Waals surface area (Å²) in [5.41, 5.74) is 1.38. The molecule has 0 aromatic heterocycles. The molecular weight excluding hydrogens is 229 g/mol. The number of hydrogen-bond acceptors (Lipinski definition) is 1. The van der Waals surface area contributed by atoms with E-state index in [1.807, 2.05) is 0 Å². The van der Waals surface area contributed by atoms with Crippen molar-refractivity contribution in [3.05, 3.63) is 35.6 Å². The average molecular weight is 239 g/mol. The number of benzene rings is 1. The van der Waals surface area contributed by atoms with Gasteiger partial charge in [0.25, 0.3) is 0 Å². The number of alkyl halides is 4. The predicted molar refractivity (Wildman–Crippen MR) is 49.1 cm³/mol. The van der Waals surface area contributed by atoms with E-state index in [1.165, 1.54) is 0 Å². The van der Waals surface area contributed by atoms with E-state index in [0.29, 0.717) is 0 Å². The summed E-state index contributed by atoms with van der Waals surface area (Å²) in [7, 11) is 0. The monoisotopic (exact) mass is 239 g/mol. The molecule has 90 valence electrons. The van der Waals surface area contributed by atoms with Crippen molar-refractivity contribution in [2.24, 2.45) is 5.73 Å². The molecule has 0 bridgehead atoms. The molecule has 1 atom stereocenters. The Hall–Kier alpha value is -1.17. The summed E-state index contributed by atoms with van der Waals surface area (Å²) in [5.74, 6) is -0.590. The standard InChI is InChI=1S/C10H10F5N/c11-8-3-1-7(2-4-8)5-9(12,6-16)10(13,14)15/h1-4H,5-6,16H2. The molecule has 0 saturated heterocycles. The molecule has 0 heterocycles. The van der Waals surface area contributed by atoms with Gasteiger partial charge >= 0.3 is 6.18 Å². The lowest BCUT2D eigenvalue weighted by molar-refractivity contribution is -0.226. The van der Waals surface area contributed by atoms with Gasteiger partial charge in [0.05, 0.1) is 0 Å². The molecule has 1 aromatic carbocycles. The van der Waals surface area contributed by atoms with Gasteiger partial charge in [0, 0.05) is 13.0 Å². The van der Waals surface area contributed by atoms with Crippen LogP contribution in [0.5, 0.6) is 0 Å². The van der Waals surface area contributed by atoms with Crippen LogP contribution < -0.4 is 5.73 Å². The highest BCUT2D eigenvalue weighted by atomic mass is 19.4. The molecule has 1 rings (SSSR count). The first kappa shape index (κ1) is 12.9. The van der Waals surface area contributed by atoms with Crippen LogP contribution in [0.1, 0.15) is 5.56 Å². The van der Waals surface area contributed by atoms with Gasteiger partial charge in [0.2, 0.25) is 5.67 Å². The minimum absolute atomic E-state index is 0.0478. The number of rotatable bonds is 3. The zero-order valence-electron chi connectivity index (χ0n) is 8.19. The van der Waals surface area contributed by atoms with Crippen LogP contribution in [0.25, 0.3) is 0 Å².